The van der Waals surface area contributed by atoms with Crippen LogP contribution in [0.1, 0.15) is 13.3 Å². The fraction of sp³-hybridized carbons (Fsp3) is 0.933. The fourth-order valence-electron chi connectivity index (χ4n) is 2.91. The third-order valence-corrected chi connectivity index (χ3v) is 4.43. The lowest BCUT2D eigenvalue weighted by Gasteiger charge is -2.41. The molecule has 0 saturated carbocycles. The largest absolute Gasteiger partial charge is 0.463 e. The number of aliphatic hydroxyl groups excluding tert-OH is 6. The lowest BCUT2D eigenvalue weighted by Crippen LogP contribution is -2.60. The number of halogens is 1. The van der Waals surface area contributed by atoms with E-state index >= 15 is 0 Å². The van der Waals surface area contributed by atoms with Gasteiger partial charge in [-0.25, -0.2) is 4.39 Å². The summed E-state index contributed by atoms with van der Waals surface area (Å²) < 4.78 is 33.8. The molecule has 12 heteroatoms. The van der Waals surface area contributed by atoms with Crippen LogP contribution in [0.2, 0.25) is 0 Å². The standard InChI is InChI=1S/C15H25FO11/c1-5(18)24-4-9-10(21)6(19)2-7(20)15(26-9)27-13-8(3-17)25-14(16)12(23)11(13)22/h6-15,17,19-23H,2-4H2,1H3/t6?,7?,8?,9?,10-,11?,12?,13+,14-,15+/m0/s1. The SMILES string of the molecule is CC(=O)OCC1O[C@H](O[C@@H]2C(CO)O[C@H](F)C(O)C2O)C(O)CC(O)[C@@H]1O. The van der Waals surface area contributed by atoms with Crippen LogP contribution in [-0.4, -0.2) is 111 Å². The quantitative estimate of drug-likeness (QED) is 0.253. The van der Waals surface area contributed by atoms with Crippen molar-refractivity contribution in [3.63, 3.8) is 0 Å². The van der Waals surface area contributed by atoms with Gasteiger partial charge in [0.1, 0.15) is 49.3 Å². The molecule has 2 heterocycles. The van der Waals surface area contributed by atoms with E-state index in [1.807, 2.05) is 0 Å². The Balaban J connectivity index is 2.14. The zero-order chi connectivity index (χ0) is 20.3. The van der Waals surface area contributed by atoms with Gasteiger partial charge in [0.25, 0.3) is 0 Å². The number of aliphatic hydroxyl groups is 6. The van der Waals surface area contributed by atoms with E-state index < -0.39 is 80.7 Å². The first-order chi connectivity index (χ1) is 12.6. The number of rotatable bonds is 5. The van der Waals surface area contributed by atoms with Crippen molar-refractivity contribution >= 4 is 5.97 Å². The van der Waals surface area contributed by atoms with Crippen LogP contribution in [0.5, 0.6) is 0 Å². The summed E-state index contributed by atoms with van der Waals surface area (Å²) in [6.45, 7) is -0.0963. The molecule has 0 spiro atoms. The van der Waals surface area contributed by atoms with Crippen molar-refractivity contribution in [1.29, 1.82) is 0 Å². The summed E-state index contributed by atoms with van der Waals surface area (Å²) in [4.78, 5) is 11.0. The summed E-state index contributed by atoms with van der Waals surface area (Å²) in [5.41, 5.74) is 0. The number of hydrogen-bond acceptors (Lipinski definition) is 11. The van der Waals surface area contributed by atoms with Gasteiger partial charge in [0.05, 0.1) is 12.7 Å². The first kappa shape index (κ1) is 22.3. The highest BCUT2D eigenvalue weighted by molar-refractivity contribution is 5.65. The topological polar surface area (TPSA) is 175 Å². The Hall–Kier alpha value is -0.960. The number of esters is 1. The predicted molar refractivity (Wildman–Crippen MR) is 81.7 cm³/mol. The van der Waals surface area contributed by atoms with Crippen LogP contribution >= 0.6 is 0 Å². The average Bonchev–Trinajstić information content (AvgIpc) is 2.71. The summed E-state index contributed by atoms with van der Waals surface area (Å²) in [6, 6.07) is 0. The zero-order valence-corrected chi connectivity index (χ0v) is 14.5. The van der Waals surface area contributed by atoms with E-state index in [-0.39, 0.29) is 6.42 Å². The highest BCUT2D eigenvalue weighted by atomic mass is 19.1. The Bertz CT molecular complexity index is 492. The summed E-state index contributed by atoms with van der Waals surface area (Å²) >= 11 is 0. The molecule has 27 heavy (non-hydrogen) atoms. The highest BCUT2D eigenvalue weighted by Crippen LogP contribution is 2.29. The molecule has 0 aromatic carbocycles. The van der Waals surface area contributed by atoms with Crippen LogP contribution in [0, 0.1) is 0 Å². The summed E-state index contributed by atoms with van der Waals surface area (Å²) in [5, 5.41) is 59.1. The minimum atomic E-state index is -2.25. The van der Waals surface area contributed by atoms with Crippen molar-refractivity contribution in [2.45, 2.75) is 74.8 Å². The Morgan fingerprint density at radius 3 is 2.30 bits per heavy atom. The van der Waals surface area contributed by atoms with Gasteiger partial charge in [-0.05, 0) is 0 Å². The maximum atomic E-state index is 13.5. The van der Waals surface area contributed by atoms with Gasteiger partial charge < -0.3 is 49.6 Å². The number of ether oxygens (including phenoxy) is 4. The first-order valence-corrected chi connectivity index (χ1v) is 8.40. The van der Waals surface area contributed by atoms with E-state index in [1.165, 1.54) is 0 Å². The van der Waals surface area contributed by atoms with Crippen molar-refractivity contribution in [2.24, 2.45) is 0 Å². The maximum Gasteiger partial charge on any atom is 0.302 e. The molecule has 11 nitrogen and oxygen atoms in total. The minimum absolute atomic E-state index is 0.385. The molecule has 6 N–H and O–H groups in total. The molecule has 0 aromatic rings. The number of hydrogen-bond donors (Lipinski definition) is 6. The number of alkyl halides is 1. The van der Waals surface area contributed by atoms with Crippen molar-refractivity contribution in [3.8, 4) is 0 Å². The molecular weight excluding hydrogens is 375 g/mol. The smallest absolute Gasteiger partial charge is 0.302 e. The third kappa shape index (κ3) is 5.31. The molecule has 0 bridgehead atoms. The second kappa shape index (κ2) is 9.49. The molecular formula is C15H25FO11. The van der Waals surface area contributed by atoms with E-state index in [2.05, 4.69) is 0 Å². The van der Waals surface area contributed by atoms with Crippen molar-refractivity contribution in [1.82, 2.24) is 0 Å². The van der Waals surface area contributed by atoms with E-state index in [9.17, 15) is 39.8 Å². The van der Waals surface area contributed by atoms with E-state index in [0.29, 0.717) is 0 Å². The molecule has 2 fully saturated rings. The minimum Gasteiger partial charge on any atom is -0.463 e. The van der Waals surface area contributed by atoms with Gasteiger partial charge in [-0.1, -0.05) is 0 Å². The molecule has 10 atom stereocenters. The molecule has 0 radical (unpaired) electrons. The molecule has 0 aliphatic carbocycles. The second-order valence-corrected chi connectivity index (χ2v) is 6.50. The molecule has 2 aliphatic rings. The molecule has 6 unspecified atom stereocenters. The Labute approximate surface area is 153 Å². The Morgan fingerprint density at radius 1 is 1.04 bits per heavy atom. The van der Waals surface area contributed by atoms with Gasteiger partial charge in [-0.3, -0.25) is 4.79 Å². The summed E-state index contributed by atoms with van der Waals surface area (Å²) in [7, 11) is 0. The Kier molecular flexibility index (Phi) is 7.85. The van der Waals surface area contributed by atoms with Crippen LogP contribution in [0.15, 0.2) is 0 Å². The van der Waals surface area contributed by atoms with E-state index in [4.69, 9.17) is 18.9 Å². The number of carbonyl (C=O) groups excluding carboxylic acids is 1. The van der Waals surface area contributed by atoms with Crippen LogP contribution < -0.4 is 0 Å². The van der Waals surface area contributed by atoms with Gasteiger partial charge >= 0.3 is 5.97 Å². The Morgan fingerprint density at radius 2 is 1.70 bits per heavy atom. The highest BCUT2D eigenvalue weighted by Gasteiger charge is 2.48. The fourth-order valence-corrected chi connectivity index (χ4v) is 2.91. The normalized spacial score (nSPS) is 45.9. The van der Waals surface area contributed by atoms with Crippen LogP contribution in [0.3, 0.4) is 0 Å². The summed E-state index contributed by atoms with van der Waals surface area (Å²) in [6.07, 6.45) is -16.6. The van der Waals surface area contributed by atoms with E-state index in [1.54, 1.807) is 0 Å². The lowest BCUT2D eigenvalue weighted by atomic mass is 9.99. The summed E-state index contributed by atoms with van der Waals surface area (Å²) in [5.74, 6) is -0.670. The molecule has 0 amide bonds. The van der Waals surface area contributed by atoms with E-state index in [0.717, 1.165) is 6.92 Å². The maximum absolute atomic E-state index is 13.5. The predicted octanol–water partition coefficient (Wildman–Crippen LogP) is -3.46. The van der Waals surface area contributed by atoms with Crippen LogP contribution in [0.25, 0.3) is 0 Å². The third-order valence-electron chi connectivity index (χ3n) is 4.43. The lowest BCUT2D eigenvalue weighted by molar-refractivity contribution is -0.319. The average molecular weight is 400 g/mol. The van der Waals surface area contributed by atoms with Gasteiger partial charge in [0.2, 0.25) is 6.36 Å². The van der Waals surface area contributed by atoms with Gasteiger partial charge in [0, 0.05) is 13.3 Å². The second-order valence-electron chi connectivity index (χ2n) is 6.50. The number of carbonyl (C=O) groups is 1. The van der Waals surface area contributed by atoms with Crippen LogP contribution in [-0.2, 0) is 23.7 Å². The van der Waals surface area contributed by atoms with Crippen LogP contribution in [0.4, 0.5) is 4.39 Å². The zero-order valence-electron chi connectivity index (χ0n) is 14.5. The molecule has 2 rings (SSSR count). The van der Waals surface area contributed by atoms with Crippen molar-refractivity contribution in [2.75, 3.05) is 13.2 Å². The molecule has 158 valence electrons. The van der Waals surface area contributed by atoms with Crippen molar-refractivity contribution in [3.05, 3.63) is 0 Å². The molecule has 2 aliphatic heterocycles. The van der Waals surface area contributed by atoms with Gasteiger partial charge in [-0.2, -0.15) is 0 Å². The first-order valence-electron chi connectivity index (χ1n) is 8.40. The van der Waals surface area contributed by atoms with Gasteiger partial charge in [0.15, 0.2) is 6.29 Å². The molecule has 2 saturated heterocycles. The monoisotopic (exact) mass is 400 g/mol. The molecule has 0 aromatic heterocycles. The van der Waals surface area contributed by atoms with Crippen molar-refractivity contribution < 1.29 is 58.8 Å². The van der Waals surface area contributed by atoms with Gasteiger partial charge in [-0.15, -0.1) is 0 Å².